The highest BCUT2D eigenvalue weighted by Crippen LogP contribution is 2.31. The van der Waals surface area contributed by atoms with Crippen LogP contribution in [0.25, 0.3) is 0 Å². The van der Waals surface area contributed by atoms with Crippen molar-refractivity contribution in [2.75, 3.05) is 13.1 Å². The maximum Gasteiger partial charge on any atom is 0.307 e. The fourth-order valence-electron chi connectivity index (χ4n) is 2.49. The molecule has 0 bridgehead atoms. The van der Waals surface area contributed by atoms with E-state index in [0.717, 1.165) is 12.8 Å². The fourth-order valence-corrected chi connectivity index (χ4v) is 2.49. The van der Waals surface area contributed by atoms with Gasteiger partial charge < -0.3 is 10.0 Å². The predicted molar refractivity (Wildman–Crippen MR) is 65.5 cm³/mol. The molecule has 4 heteroatoms. The lowest BCUT2D eigenvalue weighted by atomic mass is 9.78. The molecule has 1 fully saturated rings. The number of carboxylic acid groups (broad SMARTS) is 1. The lowest BCUT2D eigenvalue weighted by Gasteiger charge is -2.31. The van der Waals surface area contributed by atoms with Crippen molar-refractivity contribution in [3.63, 3.8) is 0 Å². The minimum Gasteiger partial charge on any atom is -0.481 e. The Kier molecular flexibility index (Phi) is 5.19. The van der Waals surface area contributed by atoms with Crippen LogP contribution in [0, 0.1) is 11.8 Å². The Morgan fingerprint density at radius 3 is 2.41 bits per heavy atom. The van der Waals surface area contributed by atoms with Crippen molar-refractivity contribution < 1.29 is 14.7 Å². The highest BCUT2D eigenvalue weighted by molar-refractivity contribution is 5.85. The summed E-state index contributed by atoms with van der Waals surface area (Å²) in [7, 11) is 0. The predicted octanol–water partition coefficient (Wildman–Crippen LogP) is 1.91. The molecule has 0 aromatic heterocycles. The Bertz CT molecular complexity index is 301. The zero-order valence-electron chi connectivity index (χ0n) is 10.4. The zero-order chi connectivity index (χ0) is 12.8. The minimum atomic E-state index is -0.835. The lowest BCUT2D eigenvalue weighted by Crippen LogP contribution is -2.42. The Morgan fingerprint density at radius 1 is 1.35 bits per heavy atom. The first-order valence-electron chi connectivity index (χ1n) is 6.24. The van der Waals surface area contributed by atoms with Gasteiger partial charge in [0.2, 0.25) is 5.91 Å². The van der Waals surface area contributed by atoms with Gasteiger partial charge >= 0.3 is 5.97 Å². The summed E-state index contributed by atoms with van der Waals surface area (Å²) in [6.45, 7) is 6.63. The molecule has 0 radical (unpaired) electrons. The molecule has 0 aromatic rings. The average Bonchev–Trinajstić information content (AvgIpc) is 2.35. The van der Waals surface area contributed by atoms with Crippen LogP contribution in [0.2, 0.25) is 0 Å². The maximum atomic E-state index is 12.2. The molecule has 1 rings (SSSR count). The molecule has 1 amide bonds. The lowest BCUT2D eigenvalue weighted by molar-refractivity contribution is -0.152. The Morgan fingerprint density at radius 2 is 1.94 bits per heavy atom. The quantitative estimate of drug-likeness (QED) is 0.746. The van der Waals surface area contributed by atoms with Crippen LogP contribution in [-0.2, 0) is 9.59 Å². The van der Waals surface area contributed by atoms with Crippen LogP contribution in [-0.4, -0.2) is 35.0 Å². The summed E-state index contributed by atoms with van der Waals surface area (Å²) in [6.07, 6.45) is 4.86. The van der Waals surface area contributed by atoms with Gasteiger partial charge in [0.15, 0.2) is 0 Å². The van der Waals surface area contributed by atoms with Crippen molar-refractivity contribution in [3.8, 4) is 0 Å². The topological polar surface area (TPSA) is 57.6 Å². The molecule has 4 nitrogen and oxygen atoms in total. The molecule has 2 unspecified atom stereocenters. The van der Waals surface area contributed by atoms with Crippen molar-refractivity contribution in [2.24, 2.45) is 11.8 Å². The summed E-state index contributed by atoms with van der Waals surface area (Å²) < 4.78 is 0. The van der Waals surface area contributed by atoms with E-state index in [1.807, 2.05) is 6.92 Å². The molecule has 0 heterocycles. The van der Waals surface area contributed by atoms with E-state index in [0.29, 0.717) is 25.9 Å². The van der Waals surface area contributed by atoms with Crippen LogP contribution in [0.1, 0.15) is 32.6 Å². The first-order valence-corrected chi connectivity index (χ1v) is 6.24. The van der Waals surface area contributed by atoms with Crippen LogP contribution < -0.4 is 0 Å². The van der Waals surface area contributed by atoms with Crippen molar-refractivity contribution in [2.45, 2.75) is 32.6 Å². The molecule has 96 valence electrons. The summed E-state index contributed by atoms with van der Waals surface area (Å²) in [5.74, 6) is -1.71. The molecule has 0 saturated heterocycles. The number of aliphatic carboxylic acids is 1. The van der Waals surface area contributed by atoms with Gasteiger partial charge in [0.25, 0.3) is 0 Å². The van der Waals surface area contributed by atoms with Crippen molar-refractivity contribution in [3.05, 3.63) is 12.7 Å². The van der Waals surface area contributed by atoms with Crippen LogP contribution >= 0.6 is 0 Å². The van der Waals surface area contributed by atoms with Crippen LogP contribution in [0.5, 0.6) is 0 Å². The van der Waals surface area contributed by atoms with Crippen LogP contribution in [0.3, 0.4) is 0 Å². The maximum absolute atomic E-state index is 12.2. The van der Waals surface area contributed by atoms with Gasteiger partial charge in [-0.05, 0) is 19.8 Å². The number of carboxylic acids is 1. The number of amides is 1. The van der Waals surface area contributed by atoms with Gasteiger partial charge in [-0.3, -0.25) is 9.59 Å². The smallest absolute Gasteiger partial charge is 0.307 e. The number of hydrogen-bond donors (Lipinski definition) is 1. The second-order valence-electron chi connectivity index (χ2n) is 4.50. The SMILES string of the molecule is C=CCN(CC)C(=O)C1CCCCC1C(=O)O. The van der Waals surface area contributed by atoms with E-state index in [2.05, 4.69) is 6.58 Å². The summed E-state index contributed by atoms with van der Waals surface area (Å²) >= 11 is 0. The van der Waals surface area contributed by atoms with Crippen LogP contribution in [0.15, 0.2) is 12.7 Å². The van der Waals surface area contributed by atoms with Gasteiger partial charge in [-0.2, -0.15) is 0 Å². The number of carbonyl (C=O) groups excluding carboxylic acids is 1. The van der Waals surface area contributed by atoms with E-state index < -0.39 is 11.9 Å². The Hall–Kier alpha value is -1.32. The largest absolute Gasteiger partial charge is 0.481 e. The molecular formula is C13H21NO3. The highest BCUT2D eigenvalue weighted by atomic mass is 16.4. The normalized spacial score (nSPS) is 24.1. The first-order chi connectivity index (χ1) is 8.11. The third-order valence-electron chi connectivity index (χ3n) is 3.44. The van der Waals surface area contributed by atoms with Gasteiger partial charge in [0, 0.05) is 13.1 Å². The van der Waals surface area contributed by atoms with E-state index in [4.69, 9.17) is 5.11 Å². The van der Waals surface area contributed by atoms with Gasteiger partial charge in [0.1, 0.15) is 0 Å². The molecule has 1 N–H and O–H groups in total. The van der Waals surface area contributed by atoms with E-state index in [1.54, 1.807) is 11.0 Å². The van der Waals surface area contributed by atoms with Gasteiger partial charge in [0.05, 0.1) is 11.8 Å². The molecule has 1 saturated carbocycles. The van der Waals surface area contributed by atoms with Crippen molar-refractivity contribution in [1.82, 2.24) is 4.90 Å². The first kappa shape index (κ1) is 13.7. The summed E-state index contributed by atoms with van der Waals surface area (Å²) in [5, 5.41) is 9.15. The summed E-state index contributed by atoms with van der Waals surface area (Å²) in [6, 6.07) is 0. The number of nitrogens with zero attached hydrogens (tertiary/aromatic N) is 1. The van der Waals surface area contributed by atoms with Crippen molar-refractivity contribution in [1.29, 1.82) is 0 Å². The third kappa shape index (κ3) is 3.32. The number of likely N-dealkylation sites (N-methyl/N-ethyl adjacent to an activating group) is 1. The molecule has 17 heavy (non-hydrogen) atoms. The van der Waals surface area contributed by atoms with E-state index >= 15 is 0 Å². The van der Waals surface area contributed by atoms with Gasteiger partial charge in [-0.15, -0.1) is 6.58 Å². The monoisotopic (exact) mass is 239 g/mol. The Labute approximate surface area is 102 Å². The molecular weight excluding hydrogens is 218 g/mol. The molecule has 0 aliphatic heterocycles. The van der Waals surface area contributed by atoms with Gasteiger partial charge in [-0.1, -0.05) is 18.9 Å². The Balaban J connectivity index is 2.76. The van der Waals surface area contributed by atoms with E-state index in [9.17, 15) is 9.59 Å². The zero-order valence-corrected chi connectivity index (χ0v) is 10.4. The summed E-state index contributed by atoms with van der Waals surface area (Å²) in [5.41, 5.74) is 0. The average molecular weight is 239 g/mol. The fraction of sp³-hybridized carbons (Fsp3) is 0.692. The van der Waals surface area contributed by atoms with E-state index in [-0.39, 0.29) is 11.8 Å². The second-order valence-corrected chi connectivity index (χ2v) is 4.50. The number of hydrogen-bond acceptors (Lipinski definition) is 2. The van der Waals surface area contributed by atoms with Crippen molar-refractivity contribution >= 4 is 11.9 Å². The van der Waals surface area contributed by atoms with Gasteiger partial charge in [-0.25, -0.2) is 0 Å². The second kappa shape index (κ2) is 6.42. The molecule has 2 atom stereocenters. The number of carbonyl (C=O) groups is 2. The summed E-state index contributed by atoms with van der Waals surface area (Å²) in [4.78, 5) is 25.1. The third-order valence-corrected chi connectivity index (χ3v) is 3.44. The minimum absolute atomic E-state index is 0.0282. The molecule has 1 aliphatic carbocycles. The van der Waals surface area contributed by atoms with Crippen LogP contribution in [0.4, 0.5) is 0 Å². The number of rotatable bonds is 5. The highest BCUT2D eigenvalue weighted by Gasteiger charge is 2.37. The molecule has 0 spiro atoms. The molecule has 1 aliphatic rings. The van der Waals surface area contributed by atoms with E-state index in [1.165, 1.54) is 0 Å². The molecule has 0 aromatic carbocycles. The standard InChI is InChI=1S/C13H21NO3/c1-3-9-14(4-2)12(15)10-7-5-6-8-11(10)13(16)17/h3,10-11H,1,4-9H2,2H3,(H,16,17).